The first-order valence-corrected chi connectivity index (χ1v) is 8.29. The van der Waals surface area contributed by atoms with Crippen molar-refractivity contribution in [2.45, 2.75) is 37.1 Å². The lowest BCUT2D eigenvalue weighted by Crippen LogP contribution is -2.09. The number of benzene rings is 1. The van der Waals surface area contributed by atoms with Gasteiger partial charge in [0.25, 0.3) is 0 Å². The van der Waals surface area contributed by atoms with Crippen LogP contribution in [0.5, 0.6) is 5.75 Å². The molecule has 0 bridgehead atoms. The second-order valence-electron chi connectivity index (χ2n) is 5.20. The molecule has 0 saturated heterocycles. The summed E-state index contributed by atoms with van der Waals surface area (Å²) in [5, 5.41) is 5.43. The summed E-state index contributed by atoms with van der Waals surface area (Å²) < 4.78 is 7.90. The van der Waals surface area contributed by atoms with Gasteiger partial charge < -0.3 is 4.74 Å². The van der Waals surface area contributed by atoms with Crippen molar-refractivity contribution in [3.8, 4) is 5.75 Å². The minimum Gasteiger partial charge on any atom is -0.494 e. The Labute approximate surface area is 128 Å². The molecule has 3 nitrogen and oxygen atoms in total. The number of para-hydroxylation sites is 1. The van der Waals surface area contributed by atoms with Crippen LogP contribution in [0.2, 0.25) is 0 Å². The molecule has 3 rings (SSSR count). The smallest absolute Gasteiger partial charge is 0.119 e. The summed E-state index contributed by atoms with van der Waals surface area (Å²) in [6.07, 6.45) is 5.61. The Hall–Kier alpha value is -1.29. The highest BCUT2D eigenvalue weighted by atomic mass is 79.9. The normalized spacial score (nSPS) is 14.4. The first-order chi connectivity index (χ1) is 9.88. The summed E-state index contributed by atoms with van der Waals surface area (Å²) in [6.45, 7) is 1.67. The lowest BCUT2D eigenvalue weighted by Gasteiger charge is -2.09. The number of ether oxygens (including phenoxy) is 1. The molecule has 0 N–H and O–H groups in total. The van der Waals surface area contributed by atoms with Crippen LogP contribution in [-0.4, -0.2) is 16.4 Å². The third kappa shape index (κ3) is 3.23. The van der Waals surface area contributed by atoms with Gasteiger partial charge in [-0.3, -0.25) is 4.68 Å². The standard InChI is InChI=1S/C16H19BrN2O/c17-11-14-12-18-19(16(14)13-7-8-13)9-4-10-20-15-5-2-1-3-6-15/h1-3,5-6,12-13H,4,7-11H2. The molecule has 0 spiro atoms. The van der Waals surface area contributed by atoms with Gasteiger partial charge in [0.15, 0.2) is 0 Å². The maximum absolute atomic E-state index is 5.73. The van der Waals surface area contributed by atoms with Gasteiger partial charge in [-0.25, -0.2) is 0 Å². The van der Waals surface area contributed by atoms with E-state index < -0.39 is 0 Å². The highest BCUT2D eigenvalue weighted by molar-refractivity contribution is 9.08. The minimum absolute atomic E-state index is 0.734. The zero-order valence-electron chi connectivity index (χ0n) is 11.5. The van der Waals surface area contributed by atoms with Gasteiger partial charge in [0.2, 0.25) is 0 Å². The monoisotopic (exact) mass is 334 g/mol. The fraction of sp³-hybridized carbons (Fsp3) is 0.438. The molecule has 2 aromatic rings. The van der Waals surface area contributed by atoms with Gasteiger partial charge in [-0.1, -0.05) is 34.1 Å². The first kappa shape index (κ1) is 13.7. The molecule has 1 saturated carbocycles. The SMILES string of the molecule is BrCc1cnn(CCCOc2ccccc2)c1C1CC1. The van der Waals surface area contributed by atoms with E-state index in [1.807, 2.05) is 36.5 Å². The van der Waals surface area contributed by atoms with Gasteiger partial charge in [-0.05, 0) is 25.0 Å². The predicted octanol–water partition coefficient (Wildman–Crippen LogP) is 4.12. The van der Waals surface area contributed by atoms with Crippen LogP contribution in [0.3, 0.4) is 0 Å². The Morgan fingerprint density at radius 2 is 2.05 bits per heavy atom. The molecular weight excluding hydrogens is 316 g/mol. The number of hydrogen-bond acceptors (Lipinski definition) is 2. The van der Waals surface area contributed by atoms with Crippen molar-refractivity contribution in [3.63, 3.8) is 0 Å². The average Bonchev–Trinajstić information content (AvgIpc) is 3.25. The van der Waals surface area contributed by atoms with E-state index in [9.17, 15) is 0 Å². The highest BCUT2D eigenvalue weighted by Crippen LogP contribution is 2.42. The summed E-state index contributed by atoms with van der Waals surface area (Å²) in [6, 6.07) is 9.98. The predicted molar refractivity (Wildman–Crippen MR) is 83.4 cm³/mol. The Balaban J connectivity index is 1.52. The van der Waals surface area contributed by atoms with E-state index in [4.69, 9.17) is 4.74 Å². The van der Waals surface area contributed by atoms with Gasteiger partial charge >= 0.3 is 0 Å². The molecule has 20 heavy (non-hydrogen) atoms. The van der Waals surface area contributed by atoms with Crippen molar-refractivity contribution in [3.05, 3.63) is 47.8 Å². The van der Waals surface area contributed by atoms with E-state index >= 15 is 0 Å². The van der Waals surface area contributed by atoms with Crippen molar-refractivity contribution in [1.82, 2.24) is 9.78 Å². The number of aryl methyl sites for hydroxylation is 1. The topological polar surface area (TPSA) is 27.1 Å². The molecule has 1 aromatic carbocycles. The van der Waals surface area contributed by atoms with Gasteiger partial charge in [0.05, 0.1) is 12.8 Å². The van der Waals surface area contributed by atoms with Gasteiger partial charge in [-0.2, -0.15) is 5.10 Å². The fourth-order valence-electron chi connectivity index (χ4n) is 2.47. The second-order valence-corrected chi connectivity index (χ2v) is 5.76. The van der Waals surface area contributed by atoms with Crippen molar-refractivity contribution >= 4 is 15.9 Å². The fourth-order valence-corrected chi connectivity index (χ4v) is 2.90. The molecule has 0 radical (unpaired) electrons. The molecule has 0 amide bonds. The van der Waals surface area contributed by atoms with Crippen LogP contribution in [-0.2, 0) is 11.9 Å². The molecule has 1 aliphatic rings. The van der Waals surface area contributed by atoms with Gasteiger partial charge in [0.1, 0.15) is 5.75 Å². The van der Waals surface area contributed by atoms with E-state index in [0.29, 0.717) is 0 Å². The third-order valence-electron chi connectivity index (χ3n) is 3.59. The van der Waals surface area contributed by atoms with E-state index in [-0.39, 0.29) is 0 Å². The maximum Gasteiger partial charge on any atom is 0.119 e. The van der Waals surface area contributed by atoms with Crippen molar-refractivity contribution in [2.75, 3.05) is 6.61 Å². The molecule has 0 atom stereocenters. The zero-order chi connectivity index (χ0) is 13.8. The molecule has 0 aliphatic heterocycles. The van der Waals surface area contributed by atoms with E-state index in [1.165, 1.54) is 24.1 Å². The number of alkyl halides is 1. The molecule has 1 aliphatic carbocycles. The number of hydrogen-bond donors (Lipinski definition) is 0. The molecule has 1 aromatic heterocycles. The molecule has 106 valence electrons. The van der Waals surface area contributed by atoms with E-state index in [1.54, 1.807) is 0 Å². The van der Waals surface area contributed by atoms with E-state index in [0.717, 1.165) is 36.6 Å². The average molecular weight is 335 g/mol. The van der Waals surface area contributed by atoms with Crippen LogP contribution < -0.4 is 4.74 Å². The molecular formula is C16H19BrN2O. The molecule has 1 fully saturated rings. The summed E-state index contributed by atoms with van der Waals surface area (Å²) >= 11 is 3.55. The summed E-state index contributed by atoms with van der Waals surface area (Å²) in [4.78, 5) is 0. The van der Waals surface area contributed by atoms with Crippen molar-refractivity contribution < 1.29 is 4.74 Å². The zero-order valence-corrected chi connectivity index (χ0v) is 13.1. The summed E-state index contributed by atoms with van der Waals surface area (Å²) in [5.74, 6) is 1.68. The van der Waals surface area contributed by atoms with Crippen LogP contribution in [0.4, 0.5) is 0 Å². The Morgan fingerprint density at radius 1 is 1.25 bits per heavy atom. The number of rotatable bonds is 7. The van der Waals surface area contributed by atoms with Crippen molar-refractivity contribution in [1.29, 1.82) is 0 Å². The van der Waals surface area contributed by atoms with Gasteiger partial charge in [-0.15, -0.1) is 0 Å². The van der Waals surface area contributed by atoms with Gasteiger partial charge in [0, 0.05) is 35.5 Å². The number of aromatic nitrogens is 2. The van der Waals surface area contributed by atoms with Crippen LogP contribution in [0.25, 0.3) is 0 Å². The quantitative estimate of drug-likeness (QED) is 0.562. The highest BCUT2D eigenvalue weighted by Gasteiger charge is 2.29. The van der Waals surface area contributed by atoms with E-state index in [2.05, 4.69) is 25.7 Å². The van der Waals surface area contributed by atoms with Crippen LogP contribution >= 0.6 is 15.9 Å². The number of nitrogens with zero attached hydrogens (tertiary/aromatic N) is 2. The Bertz CT molecular complexity index is 549. The number of halogens is 1. The first-order valence-electron chi connectivity index (χ1n) is 7.17. The Kier molecular flexibility index (Phi) is 4.41. The lowest BCUT2D eigenvalue weighted by molar-refractivity contribution is 0.297. The van der Waals surface area contributed by atoms with Crippen molar-refractivity contribution in [2.24, 2.45) is 0 Å². The maximum atomic E-state index is 5.73. The second kappa shape index (κ2) is 6.44. The van der Waals surface area contributed by atoms with Crippen LogP contribution in [0.15, 0.2) is 36.5 Å². The molecule has 1 heterocycles. The molecule has 0 unspecified atom stereocenters. The third-order valence-corrected chi connectivity index (χ3v) is 4.20. The van der Waals surface area contributed by atoms with Crippen LogP contribution in [0.1, 0.15) is 36.4 Å². The Morgan fingerprint density at radius 3 is 2.75 bits per heavy atom. The largest absolute Gasteiger partial charge is 0.494 e. The van der Waals surface area contributed by atoms with Crippen LogP contribution in [0, 0.1) is 0 Å². The summed E-state index contributed by atoms with van der Waals surface area (Å²) in [5.41, 5.74) is 2.78. The minimum atomic E-state index is 0.734. The summed E-state index contributed by atoms with van der Waals surface area (Å²) in [7, 11) is 0. The molecule has 4 heteroatoms. The lowest BCUT2D eigenvalue weighted by atomic mass is 10.2.